The third-order valence-corrected chi connectivity index (χ3v) is 5.44. The van der Waals surface area contributed by atoms with Crippen LogP contribution in [0.3, 0.4) is 0 Å². The van der Waals surface area contributed by atoms with E-state index in [1.807, 2.05) is 23.0 Å². The number of aromatic nitrogens is 3. The van der Waals surface area contributed by atoms with Crippen LogP contribution in [0.2, 0.25) is 0 Å². The van der Waals surface area contributed by atoms with Gasteiger partial charge in [0.2, 0.25) is 0 Å². The lowest BCUT2D eigenvalue weighted by molar-refractivity contribution is 0.166. The van der Waals surface area contributed by atoms with Crippen LogP contribution in [0.25, 0.3) is 0 Å². The summed E-state index contributed by atoms with van der Waals surface area (Å²) in [5.41, 5.74) is 2.75. The first-order valence-corrected chi connectivity index (χ1v) is 9.16. The minimum atomic E-state index is -0.439. The maximum absolute atomic E-state index is 10.5. The topological polar surface area (TPSA) is 90.0 Å². The number of anilines is 1. The van der Waals surface area contributed by atoms with Crippen molar-refractivity contribution in [1.29, 1.82) is 5.26 Å². The van der Waals surface area contributed by atoms with E-state index < -0.39 is 6.10 Å². The maximum Gasteiger partial charge on any atom is 0.144 e. The Balaban J connectivity index is 1.49. The lowest BCUT2D eigenvalue weighted by Crippen LogP contribution is -2.31. The van der Waals surface area contributed by atoms with E-state index in [4.69, 9.17) is 4.98 Å². The first-order chi connectivity index (χ1) is 12.6. The van der Waals surface area contributed by atoms with Crippen LogP contribution < -0.4 is 5.32 Å². The molecule has 0 aromatic carbocycles. The van der Waals surface area contributed by atoms with Crippen LogP contribution in [0.5, 0.6) is 0 Å². The Hall–Kier alpha value is -2.43. The Morgan fingerprint density at radius 1 is 1.42 bits per heavy atom. The minimum absolute atomic E-state index is 0.0838. The summed E-state index contributed by atoms with van der Waals surface area (Å²) in [6.07, 6.45) is 5.74. The van der Waals surface area contributed by atoms with Crippen molar-refractivity contribution in [3.05, 3.63) is 41.3 Å². The van der Waals surface area contributed by atoms with E-state index in [2.05, 4.69) is 28.4 Å². The van der Waals surface area contributed by atoms with Crippen molar-refractivity contribution in [2.45, 2.75) is 44.5 Å². The molecule has 2 aromatic rings. The highest BCUT2D eigenvalue weighted by Crippen LogP contribution is 2.31. The molecule has 3 atom stereocenters. The van der Waals surface area contributed by atoms with Crippen molar-refractivity contribution >= 4 is 5.82 Å². The second-order valence-corrected chi connectivity index (χ2v) is 7.47. The second kappa shape index (κ2) is 7.06. The molecule has 0 amide bonds. The highest BCUT2D eigenvalue weighted by atomic mass is 16.3. The highest BCUT2D eigenvalue weighted by Gasteiger charge is 2.34. The van der Waals surface area contributed by atoms with Crippen molar-refractivity contribution < 1.29 is 5.11 Å². The quantitative estimate of drug-likeness (QED) is 0.864. The van der Waals surface area contributed by atoms with E-state index in [1.54, 1.807) is 6.20 Å². The molecule has 7 nitrogen and oxygen atoms in total. The molecule has 0 bridgehead atoms. The van der Waals surface area contributed by atoms with E-state index in [-0.39, 0.29) is 6.04 Å². The fraction of sp³-hybridized carbons (Fsp3) is 0.526. The Morgan fingerprint density at radius 3 is 3.08 bits per heavy atom. The fourth-order valence-electron chi connectivity index (χ4n) is 4.08. The molecule has 1 fully saturated rings. The predicted octanol–water partition coefficient (Wildman–Crippen LogP) is 1.39. The number of nitriles is 1. The molecule has 4 rings (SSSR count). The molecule has 0 radical (unpaired) electrons. The number of likely N-dealkylation sites (N-methyl/N-ethyl adjacent to an activating group) is 1. The standard InChI is InChI=1S/C19H24N6O/c1-24-6-3-16-15(12-24)9-14(10-20)19(22-16)23-17-7-13(8-18(17)26)11-25-5-2-4-21-25/h2,4-5,9,13,17-18,26H,3,6-8,11-12H2,1H3,(H,22,23)/t13?,17-,18-/m1/s1. The monoisotopic (exact) mass is 352 g/mol. The van der Waals surface area contributed by atoms with Crippen molar-refractivity contribution in [3.63, 3.8) is 0 Å². The smallest absolute Gasteiger partial charge is 0.144 e. The Labute approximate surface area is 153 Å². The molecule has 136 valence electrons. The molecule has 1 unspecified atom stereocenters. The number of hydrogen-bond acceptors (Lipinski definition) is 6. The van der Waals surface area contributed by atoms with Crippen LogP contribution in [-0.4, -0.2) is 50.5 Å². The second-order valence-electron chi connectivity index (χ2n) is 7.47. The van der Waals surface area contributed by atoms with Gasteiger partial charge in [0, 0.05) is 44.1 Å². The number of aliphatic hydroxyl groups excluding tert-OH is 1. The van der Waals surface area contributed by atoms with Crippen LogP contribution in [0.15, 0.2) is 24.5 Å². The maximum atomic E-state index is 10.5. The zero-order chi connectivity index (χ0) is 18.1. The average molecular weight is 352 g/mol. The van der Waals surface area contributed by atoms with E-state index in [1.165, 1.54) is 0 Å². The first kappa shape index (κ1) is 17.0. The zero-order valence-corrected chi connectivity index (χ0v) is 15.0. The van der Waals surface area contributed by atoms with Crippen molar-refractivity contribution in [2.75, 3.05) is 18.9 Å². The lowest BCUT2D eigenvalue weighted by Gasteiger charge is -2.26. The third kappa shape index (κ3) is 3.43. The van der Waals surface area contributed by atoms with E-state index >= 15 is 0 Å². The number of hydrogen-bond donors (Lipinski definition) is 2. The van der Waals surface area contributed by atoms with Crippen molar-refractivity contribution in [3.8, 4) is 6.07 Å². The molecule has 1 aliphatic carbocycles. The van der Waals surface area contributed by atoms with Gasteiger partial charge < -0.3 is 15.3 Å². The number of rotatable bonds is 4. The van der Waals surface area contributed by atoms with Gasteiger partial charge >= 0.3 is 0 Å². The summed E-state index contributed by atoms with van der Waals surface area (Å²) >= 11 is 0. The van der Waals surface area contributed by atoms with Gasteiger partial charge in [-0.3, -0.25) is 4.68 Å². The third-order valence-electron chi connectivity index (χ3n) is 5.44. The highest BCUT2D eigenvalue weighted by molar-refractivity contribution is 5.55. The summed E-state index contributed by atoms with van der Waals surface area (Å²) in [4.78, 5) is 6.96. The largest absolute Gasteiger partial charge is 0.391 e. The molecule has 2 N–H and O–H groups in total. The normalized spacial score (nSPS) is 25.7. The van der Waals surface area contributed by atoms with Crippen molar-refractivity contribution in [2.24, 2.45) is 5.92 Å². The van der Waals surface area contributed by atoms with Crippen LogP contribution in [0.4, 0.5) is 5.82 Å². The van der Waals surface area contributed by atoms with Crippen LogP contribution in [0.1, 0.15) is 29.7 Å². The van der Waals surface area contributed by atoms with E-state index in [9.17, 15) is 10.4 Å². The minimum Gasteiger partial charge on any atom is -0.391 e. The number of fused-ring (bicyclic) bond motifs is 1. The van der Waals surface area contributed by atoms with Crippen LogP contribution in [-0.2, 0) is 19.5 Å². The van der Waals surface area contributed by atoms with Gasteiger partial charge in [-0.2, -0.15) is 10.4 Å². The van der Waals surface area contributed by atoms with Gasteiger partial charge in [-0.05, 0) is 43.5 Å². The van der Waals surface area contributed by atoms with Gasteiger partial charge in [-0.15, -0.1) is 0 Å². The lowest BCUT2D eigenvalue weighted by atomic mass is 10.0. The number of nitrogens with one attached hydrogen (secondary N) is 1. The molecule has 7 heteroatoms. The average Bonchev–Trinajstić information content (AvgIpc) is 3.25. The Morgan fingerprint density at radius 2 is 2.31 bits per heavy atom. The molecule has 2 aliphatic rings. The predicted molar refractivity (Wildman–Crippen MR) is 97.4 cm³/mol. The van der Waals surface area contributed by atoms with Crippen LogP contribution in [0, 0.1) is 17.2 Å². The summed E-state index contributed by atoms with van der Waals surface area (Å²) < 4.78 is 1.91. The molecule has 3 heterocycles. The number of aliphatic hydroxyl groups is 1. The van der Waals surface area contributed by atoms with E-state index in [0.717, 1.165) is 50.2 Å². The summed E-state index contributed by atoms with van der Waals surface area (Å²) in [5.74, 6) is 0.971. The molecule has 1 saturated carbocycles. The Kier molecular flexibility index (Phi) is 4.62. The van der Waals surface area contributed by atoms with E-state index in [0.29, 0.717) is 17.3 Å². The Bertz CT molecular complexity index is 812. The zero-order valence-electron chi connectivity index (χ0n) is 15.0. The molecule has 0 saturated heterocycles. The van der Waals surface area contributed by atoms with Gasteiger partial charge in [0.15, 0.2) is 0 Å². The summed E-state index contributed by atoms with van der Waals surface area (Å²) in [6, 6.07) is 6.03. The van der Waals surface area contributed by atoms with Gasteiger partial charge in [0.1, 0.15) is 11.9 Å². The first-order valence-electron chi connectivity index (χ1n) is 9.16. The molecular formula is C19H24N6O. The van der Waals surface area contributed by atoms with Crippen LogP contribution >= 0.6 is 0 Å². The van der Waals surface area contributed by atoms with Crippen molar-refractivity contribution in [1.82, 2.24) is 19.7 Å². The number of nitrogens with zero attached hydrogens (tertiary/aromatic N) is 5. The molecule has 26 heavy (non-hydrogen) atoms. The molecule has 2 aromatic heterocycles. The molecular weight excluding hydrogens is 328 g/mol. The summed E-state index contributed by atoms with van der Waals surface area (Å²) in [6.45, 7) is 2.61. The fourth-order valence-corrected chi connectivity index (χ4v) is 4.08. The summed E-state index contributed by atoms with van der Waals surface area (Å²) in [5, 5.41) is 27.6. The summed E-state index contributed by atoms with van der Waals surface area (Å²) in [7, 11) is 2.08. The number of pyridine rings is 1. The SMILES string of the molecule is CN1CCc2nc(N[C@@H]3CC(Cn4cccn4)C[C@H]3O)c(C#N)cc2C1. The molecule has 0 spiro atoms. The van der Waals surface area contributed by atoms with Gasteiger partial charge in [-0.25, -0.2) is 4.98 Å². The molecule has 1 aliphatic heterocycles. The van der Waals surface area contributed by atoms with Gasteiger partial charge in [0.25, 0.3) is 0 Å². The van der Waals surface area contributed by atoms with Gasteiger partial charge in [-0.1, -0.05) is 0 Å². The van der Waals surface area contributed by atoms with Gasteiger partial charge in [0.05, 0.1) is 17.7 Å².